The van der Waals surface area contributed by atoms with Gasteiger partial charge < -0.3 is 10.4 Å². The van der Waals surface area contributed by atoms with E-state index in [1.54, 1.807) is 0 Å². The van der Waals surface area contributed by atoms with Crippen LogP contribution in [0.1, 0.15) is 40.5 Å². The van der Waals surface area contributed by atoms with E-state index in [2.05, 4.69) is 5.32 Å². The van der Waals surface area contributed by atoms with Crippen molar-refractivity contribution in [3.8, 4) is 0 Å². The highest BCUT2D eigenvalue weighted by Crippen LogP contribution is 2.06. The van der Waals surface area contributed by atoms with Crippen molar-refractivity contribution in [2.45, 2.75) is 46.6 Å². The van der Waals surface area contributed by atoms with Crippen LogP contribution in [-0.4, -0.2) is 28.8 Å². The van der Waals surface area contributed by atoms with Crippen LogP contribution in [0.5, 0.6) is 0 Å². The first-order valence-electron chi connectivity index (χ1n) is 5.80. The van der Waals surface area contributed by atoms with E-state index < -0.39 is 23.7 Å². The Bertz CT molecular complexity index is 297. The highest BCUT2D eigenvalue weighted by atomic mass is 16.4. The summed E-state index contributed by atoms with van der Waals surface area (Å²) in [5.41, 5.74) is 0. The molecule has 0 rings (SSSR count). The van der Waals surface area contributed by atoms with Gasteiger partial charge in [-0.3, -0.25) is 9.59 Å². The summed E-state index contributed by atoms with van der Waals surface area (Å²) < 4.78 is 0. The molecule has 0 aromatic carbocycles. The van der Waals surface area contributed by atoms with E-state index in [0.29, 0.717) is 6.42 Å². The van der Waals surface area contributed by atoms with Crippen molar-refractivity contribution in [1.29, 1.82) is 0 Å². The number of hydrogen-bond acceptors (Lipinski definition) is 3. The van der Waals surface area contributed by atoms with E-state index in [1.807, 2.05) is 27.7 Å². The second kappa shape index (κ2) is 7.04. The third kappa shape index (κ3) is 6.71. The minimum atomic E-state index is -1.11. The van der Waals surface area contributed by atoms with Gasteiger partial charge in [-0.05, 0) is 18.3 Å². The Morgan fingerprint density at radius 2 is 1.59 bits per heavy atom. The molecule has 0 spiro atoms. The summed E-state index contributed by atoms with van der Waals surface area (Å²) in [7, 11) is 0. The van der Waals surface area contributed by atoms with Gasteiger partial charge in [0.15, 0.2) is 0 Å². The zero-order valence-corrected chi connectivity index (χ0v) is 10.8. The Kier molecular flexibility index (Phi) is 6.46. The van der Waals surface area contributed by atoms with E-state index in [-0.39, 0.29) is 18.3 Å². The highest BCUT2D eigenvalue weighted by molar-refractivity contribution is 6.36. The van der Waals surface area contributed by atoms with Crippen LogP contribution in [0.2, 0.25) is 0 Å². The molecule has 0 saturated carbocycles. The average molecular weight is 243 g/mol. The molecule has 0 aliphatic carbocycles. The van der Waals surface area contributed by atoms with Gasteiger partial charge in [-0.1, -0.05) is 27.7 Å². The van der Waals surface area contributed by atoms with Crippen LogP contribution in [0.3, 0.4) is 0 Å². The highest BCUT2D eigenvalue weighted by Gasteiger charge is 2.24. The molecule has 1 atom stereocenters. The Morgan fingerprint density at radius 1 is 1.06 bits per heavy atom. The third-order valence-electron chi connectivity index (χ3n) is 2.16. The van der Waals surface area contributed by atoms with Gasteiger partial charge in [0.05, 0.1) is 0 Å². The molecule has 5 heteroatoms. The van der Waals surface area contributed by atoms with E-state index in [1.165, 1.54) is 0 Å². The van der Waals surface area contributed by atoms with Crippen LogP contribution in [0.15, 0.2) is 0 Å². The Balaban J connectivity index is 4.40. The summed E-state index contributed by atoms with van der Waals surface area (Å²) in [6, 6.07) is -0.987. The lowest BCUT2D eigenvalue weighted by Gasteiger charge is -2.16. The van der Waals surface area contributed by atoms with Crippen LogP contribution in [0.25, 0.3) is 0 Å². The molecule has 0 aromatic heterocycles. The fraction of sp³-hybridized carbons (Fsp3) is 0.750. The lowest BCUT2D eigenvalue weighted by molar-refractivity contribution is -0.144. The number of aliphatic carboxylic acids is 1. The number of hydrogen-bond donors (Lipinski definition) is 2. The van der Waals surface area contributed by atoms with Crippen molar-refractivity contribution in [2.24, 2.45) is 11.8 Å². The van der Waals surface area contributed by atoms with Gasteiger partial charge in [-0.25, -0.2) is 4.79 Å². The van der Waals surface area contributed by atoms with Crippen molar-refractivity contribution < 1.29 is 19.5 Å². The number of carbonyl (C=O) groups is 3. The summed E-state index contributed by atoms with van der Waals surface area (Å²) in [5.74, 6) is -2.25. The maximum absolute atomic E-state index is 11.5. The Morgan fingerprint density at radius 3 is 1.94 bits per heavy atom. The van der Waals surface area contributed by atoms with E-state index in [4.69, 9.17) is 5.11 Å². The number of carboxylic acid groups (broad SMARTS) is 1. The summed E-state index contributed by atoms with van der Waals surface area (Å²) in [6.45, 7) is 7.37. The molecule has 0 saturated heterocycles. The first-order valence-corrected chi connectivity index (χ1v) is 5.80. The molecule has 0 aliphatic heterocycles. The van der Waals surface area contributed by atoms with Crippen LogP contribution in [0, 0.1) is 11.8 Å². The molecule has 0 fully saturated rings. The summed E-state index contributed by atoms with van der Waals surface area (Å²) in [4.78, 5) is 33.7. The molecule has 0 radical (unpaired) electrons. The molecule has 5 nitrogen and oxygen atoms in total. The zero-order valence-electron chi connectivity index (χ0n) is 10.8. The predicted molar refractivity (Wildman–Crippen MR) is 63.5 cm³/mol. The number of carbonyl (C=O) groups excluding carboxylic acids is 2. The maximum Gasteiger partial charge on any atom is 0.326 e. The fourth-order valence-electron chi connectivity index (χ4n) is 1.40. The predicted octanol–water partition coefficient (Wildman–Crippen LogP) is 1.22. The second-order valence-electron chi connectivity index (χ2n) is 5.01. The number of ketones is 1. The quantitative estimate of drug-likeness (QED) is 0.658. The second-order valence-corrected chi connectivity index (χ2v) is 5.01. The largest absolute Gasteiger partial charge is 0.480 e. The minimum Gasteiger partial charge on any atom is -0.480 e. The van der Waals surface area contributed by atoms with Gasteiger partial charge in [0.25, 0.3) is 5.91 Å². The third-order valence-corrected chi connectivity index (χ3v) is 2.16. The first kappa shape index (κ1) is 15.6. The van der Waals surface area contributed by atoms with Gasteiger partial charge in [0.1, 0.15) is 6.04 Å². The smallest absolute Gasteiger partial charge is 0.326 e. The number of nitrogens with one attached hydrogen (secondary N) is 1. The SMILES string of the molecule is CC(C)CC(=O)C(=O)NC(CC(C)C)C(=O)O. The topological polar surface area (TPSA) is 83.5 Å². The lowest BCUT2D eigenvalue weighted by Crippen LogP contribution is -2.44. The molecule has 0 aromatic rings. The Labute approximate surface area is 102 Å². The van der Waals surface area contributed by atoms with Gasteiger partial charge in [-0.2, -0.15) is 0 Å². The molecule has 17 heavy (non-hydrogen) atoms. The average Bonchev–Trinajstić information content (AvgIpc) is 2.14. The maximum atomic E-state index is 11.5. The minimum absolute atomic E-state index is 0.0848. The van der Waals surface area contributed by atoms with E-state index in [9.17, 15) is 14.4 Å². The van der Waals surface area contributed by atoms with Crippen molar-refractivity contribution in [1.82, 2.24) is 5.32 Å². The summed E-state index contributed by atoms with van der Waals surface area (Å²) >= 11 is 0. The molecule has 0 aliphatic rings. The number of amides is 1. The Hall–Kier alpha value is -1.39. The van der Waals surface area contributed by atoms with Crippen molar-refractivity contribution in [2.75, 3.05) is 0 Å². The monoisotopic (exact) mass is 243 g/mol. The van der Waals surface area contributed by atoms with Crippen molar-refractivity contribution >= 4 is 17.7 Å². The molecule has 0 bridgehead atoms. The molecule has 1 amide bonds. The summed E-state index contributed by atoms with van der Waals surface area (Å²) in [5, 5.41) is 11.2. The number of carboxylic acids is 1. The van der Waals surface area contributed by atoms with E-state index >= 15 is 0 Å². The zero-order chi connectivity index (χ0) is 13.6. The van der Waals surface area contributed by atoms with Crippen molar-refractivity contribution in [3.63, 3.8) is 0 Å². The molecular formula is C12H21NO4. The number of rotatable bonds is 7. The van der Waals surface area contributed by atoms with Crippen LogP contribution >= 0.6 is 0 Å². The lowest BCUT2D eigenvalue weighted by atomic mass is 10.0. The fourth-order valence-corrected chi connectivity index (χ4v) is 1.40. The molecule has 0 heterocycles. The summed E-state index contributed by atoms with van der Waals surface area (Å²) in [6.07, 6.45) is 0.454. The number of Topliss-reactive ketones (excluding diaryl/α,β-unsaturated/α-hetero) is 1. The normalized spacial score (nSPS) is 12.6. The van der Waals surface area contributed by atoms with Gasteiger partial charge in [0, 0.05) is 6.42 Å². The molecule has 2 N–H and O–H groups in total. The molecule has 98 valence electrons. The van der Waals surface area contributed by atoms with Gasteiger partial charge in [0.2, 0.25) is 5.78 Å². The van der Waals surface area contributed by atoms with Crippen LogP contribution in [-0.2, 0) is 14.4 Å². The van der Waals surface area contributed by atoms with Crippen LogP contribution < -0.4 is 5.32 Å². The van der Waals surface area contributed by atoms with E-state index in [0.717, 1.165) is 0 Å². The first-order chi connectivity index (χ1) is 7.73. The van der Waals surface area contributed by atoms with Gasteiger partial charge in [-0.15, -0.1) is 0 Å². The van der Waals surface area contributed by atoms with Crippen LogP contribution in [0.4, 0.5) is 0 Å². The standard InChI is InChI=1S/C12H21NO4/c1-7(2)5-9(12(16)17)13-11(15)10(14)6-8(3)4/h7-9H,5-6H2,1-4H3,(H,13,15)(H,16,17). The van der Waals surface area contributed by atoms with Gasteiger partial charge >= 0.3 is 5.97 Å². The van der Waals surface area contributed by atoms with Crippen molar-refractivity contribution in [3.05, 3.63) is 0 Å². The molecular weight excluding hydrogens is 222 g/mol. The molecule has 1 unspecified atom stereocenters.